The summed E-state index contributed by atoms with van der Waals surface area (Å²) in [6.07, 6.45) is -0.279. The van der Waals surface area contributed by atoms with Gasteiger partial charge in [-0.15, -0.1) is 0 Å². The van der Waals surface area contributed by atoms with Gasteiger partial charge in [-0.05, 0) is 17.7 Å². The number of rotatable bonds is 2. The maximum absolute atomic E-state index is 12.8. The minimum Gasteiger partial charge on any atom is -0.370 e. The van der Waals surface area contributed by atoms with Crippen molar-refractivity contribution in [2.45, 2.75) is 6.10 Å². The third-order valence-corrected chi connectivity index (χ3v) is 4.59. The molecule has 0 spiro atoms. The Balaban J connectivity index is 1.87. The molecule has 1 amide bonds. The molecule has 2 heterocycles. The van der Waals surface area contributed by atoms with E-state index in [2.05, 4.69) is 0 Å². The molecular formula is C17H18ClN3O4. The van der Waals surface area contributed by atoms with Crippen molar-refractivity contribution in [2.24, 2.45) is 14.1 Å². The van der Waals surface area contributed by atoms with E-state index in [1.54, 1.807) is 17.0 Å². The van der Waals surface area contributed by atoms with E-state index < -0.39 is 11.2 Å². The van der Waals surface area contributed by atoms with Crippen LogP contribution in [0.1, 0.15) is 22.2 Å². The SMILES string of the molecule is Cn1c(C(=O)N2CCOC(c3ccc(Cl)cc3)C2)cc(=O)n(C)c1=O. The number of amides is 1. The molecule has 1 aliphatic rings. The fourth-order valence-electron chi connectivity index (χ4n) is 2.81. The van der Waals surface area contributed by atoms with E-state index in [4.69, 9.17) is 16.3 Å². The zero-order valence-electron chi connectivity index (χ0n) is 13.9. The van der Waals surface area contributed by atoms with Crippen molar-refractivity contribution < 1.29 is 9.53 Å². The van der Waals surface area contributed by atoms with Crippen LogP contribution in [0.2, 0.25) is 5.02 Å². The Morgan fingerprint density at radius 1 is 1.16 bits per heavy atom. The summed E-state index contributed by atoms with van der Waals surface area (Å²) in [7, 11) is 2.86. The van der Waals surface area contributed by atoms with Crippen molar-refractivity contribution in [2.75, 3.05) is 19.7 Å². The van der Waals surface area contributed by atoms with Gasteiger partial charge in [-0.3, -0.25) is 18.7 Å². The molecule has 1 unspecified atom stereocenters. The Labute approximate surface area is 149 Å². The Hall–Kier alpha value is -2.38. The van der Waals surface area contributed by atoms with Gasteiger partial charge in [0.2, 0.25) is 0 Å². The third-order valence-electron chi connectivity index (χ3n) is 4.34. The molecule has 0 aliphatic carbocycles. The van der Waals surface area contributed by atoms with Crippen molar-refractivity contribution in [1.29, 1.82) is 0 Å². The number of carbonyl (C=O) groups excluding carboxylic acids is 1. The highest BCUT2D eigenvalue weighted by Gasteiger charge is 2.28. The lowest BCUT2D eigenvalue weighted by molar-refractivity contribution is -0.0232. The van der Waals surface area contributed by atoms with Gasteiger partial charge in [0.25, 0.3) is 11.5 Å². The van der Waals surface area contributed by atoms with Crippen molar-refractivity contribution in [3.05, 3.63) is 67.4 Å². The molecule has 1 aromatic heterocycles. The van der Waals surface area contributed by atoms with Crippen LogP contribution in [0.25, 0.3) is 0 Å². The number of ether oxygens (including phenoxy) is 1. The molecule has 132 valence electrons. The minimum absolute atomic E-state index is 0.0739. The molecular weight excluding hydrogens is 346 g/mol. The minimum atomic E-state index is -0.529. The van der Waals surface area contributed by atoms with Crippen LogP contribution in [0, 0.1) is 0 Å². The van der Waals surface area contributed by atoms with Gasteiger partial charge >= 0.3 is 5.69 Å². The quantitative estimate of drug-likeness (QED) is 0.796. The second-order valence-electron chi connectivity index (χ2n) is 5.93. The number of aromatic nitrogens is 2. The van der Waals surface area contributed by atoms with E-state index in [1.807, 2.05) is 12.1 Å². The summed E-state index contributed by atoms with van der Waals surface area (Å²) in [5, 5.41) is 0.627. The van der Waals surface area contributed by atoms with Gasteiger partial charge in [0.05, 0.1) is 13.2 Å². The first kappa shape index (κ1) is 17.4. The Bertz CT molecular complexity index is 917. The molecule has 0 N–H and O–H groups in total. The van der Waals surface area contributed by atoms with E-state index in [-0.39, 0.29) is 17.7 Å². The molecule has 1 aliphatic heterocycles. The van der Waals surface area contributed by atoms with E-state index in [0.29, 0.717) is 24.7 Å². The first-order valence-corrected chi connectivity index (χ1v) is 8.19. The lowest BCUT2D eigenvalue weighted by Gasteiger charge is -2.33. The Kier molecular flexibility index (Phi) is 4.78. The first-order valence-electron chi connectivity index (χ1n) is 7.82. The van der Waals surface area contributed by atoms with Crippen LogP contribution in [0.15, 0.2) is 39.9 Å². The highest BCUT2D eigenvalue weighted by Crippen LogP contribution is 2.24. The van der Waals surface area contributed by atoms with Crippen molar-refractivity contribution in [1.82, 2.24) is 14.0 Å². The summed E-state index contributed by atoms with van der Waals surface area (Å²) >= 11 is 5.90. The number of carbonyl (C=O) groups is 1. The number of hydrogen-bond acceptors (Lipinski definition) is 4. The van der Waals surface area contributed by atoms with Gasteiger partial charge in [0.15, 0.2) is 0 Å². The van der Waals surface area contributed by atoms with Crippen molar-refractivity contribution in [3.8, 4) is 0 Å². The molecule has 1 saturated heterocycles. The van der Waals surface area contributed by atoms with Crippen LogP contribution >= 0.6 is 11.6 Å². The largest absolute Gasteiger partial charge is 0.370 e. The maximum Gasteiger partial charge on any atom is 0.331 e. The molecule has 0 radical (unpaired) electrons. The molecule has 3 rings (SSSR count). The van der Waals surface area contributed by atoms with E-state index >= 15 is 0 Å². The lowest BCUT2D eigenvalue weighted by Crippen LogP contribution is -2.46. The van der Waals surface area contributed by atoms with Gasteiger partial charge < -0.3 is 9.64 Å². The summed E-state index contributed by atoms with van der Waals surface area (Å²) in [6.45, 7) is 1.11. The molecule has 25 heavy (non-hydrogen) atoms. The second kappa shape index (κ2) is 6.85. The fourth-order valence-corrected chi connectivity index (χ4v) is 2.94. The average molecular weight is 364 g/mol. The highest BCUT2D eigenvalue weighted by molar-refractivity contribution is 6.30. The number of hydrogen-bond donors (Lipinski definition) is 0. The normalized spacial score (nSPS) is 17.6. The van der Waals surface area contributed by atoms with Crippen LogP contribution in [0.4, 0.5) is 0 Å². The summed E-state index contributed by atoms with van der Waals surface area (Å²) in [5.41, 5.74) is -0.0445. The smallest absolute Gasteiger partial charge is 0.331 e. The van der Waals surface area contributed by atoms with E-state index in [0.717, 1.165) is 10.1 Å². The molecule has 8 heteroatoms. The van der Waals surface area contributed by atoms with E-state index in [1.165, 1.54) is 24.7 Å². The fraction of sp³-hybridized carbons (Fsp3) is 0.353. The zero-order chi connectivity index (χ0) is 18.1. The highest BCUT2D eigenvalue weighted by atomic mass is 35.5. The molecule has 2 aromatic rings. The van der Waals surface area contributed by atoms with Crippen LogP contribution in [-0.2, 0) is 18.8 Å². The van der Waals surface area contributed by atoms with Crippen molar-refractivity contribution in [3.63, 3.8) is 0 Å². The number of morpholine rings is 1. The van der Waals surface area contributed by atoms with Gasteiger partial charge in [0.1, 0.15) is 11.8 Å². The molecule has 1 fully saturated rings. The van der Waals surface area contributed by atoms with Crippen LogP contribution in [0.5, 0.6) is 0 Å². The van der Waals surface area contributed by atoms with Gasteiger partial charge in [0, 0.05) is 31.7 Å². The molecule has 1 atom stereocenters. The molecule has 1 aromatic carbocycles. The van der Waals surface area contributed by atoms with Gasteiger partial charge in [-0.2, -0.15) is 0 Å². The van der Waals surface area contributed by atoms with E-state index in [9.17, 15) is 14.4 Å². The predicted molar refractivity (Wildman–Crippen MR) is 93.0 cm³/mol. The predicted octanol–water partition coefficient (Wildman–Crippen LogP) is 0.951. The number of nitrogens with zero attached hydrogens (tertiary/aromatic N) is 3. The Morgan fingerprint density at radius 3 is 2.52 bits per heavy atom. The summed E-state index contributed by atoms with van der Waals surface area (Å²) < 4.78 is 7.90. The summed E-state index contributed by atoms with van der Waals surface area (Å²) in [4.78, 5) is 38.3. The lowest BCUT2D eigenvalue weighted by atomic mass is 10.1. The molecule has 7 nitrogen and oxygen atoms in total. The van der Waals surface area contributed by atoms with Crippen LogP contribution in [-0.4, -0.2) is 39.6 Å². The number of halogens is 1. The van der Waals surface area contributed by atoms with Gasteiger partial charge in [-0.25, -0.2) is 4.79 Å². The number of benzene rings is 1. The molecule has 0 saturated carbocycles. The standard InChI is InChI=1S/C17H18ClN3O4/c1-19-13(9-15(22)20(2)17(19)24)16(23)21-7-8-25-14(10-21)11-3-5-12(18)6-4-11/h3-6,9,14H,7-8,10H2,1-2H3. The monoisotopic (exact) mass is 363 g/mol. The van der Waals surface area contributed by atoms with Gasteiger partial charge in [-0.1, -0.05) is 23.7 Å². The summed E-state index contributed by atoms with van der Waals surface area (Å²) in [5.74, 6) is -0.362. The van der Waals surface area contributed by atoms with Crippen LogP contribution in [0.3, 0.4) is 0 Å². The van der Waals surface area contributed by atoms with Crippen LogP contribution < -0.4 is 11.2 Å². The zero-order valence-corrected chi connectivity index (χ0v) is 14.7. The topological polar surface area (TPSA) is 73.5 Å². The average Bonchev–Trinajstić information content (AvgIpc) is 2.63. The third kappa shape index (κ3) is 3.38. The Morgan fingerprint density at radius 2 is 1.84 bits per heavy atom. The van der Waals surface area contributed by atoms with Crippen molar-refractivity contribution >= 4 is 17.5 Å². The molecule has 0 bridgehead atoms. The maximum atomic E-state index is 12.8. The first-order chi connectivity index (χ1) is 11.9. The second-order valence-corrected chi connectivity index (χ2v) is 6.37. The summed E-state index contributed by atoms with van der Waals surface area (Å²) in [6, 6.07) is 8.44.